The number of hydrogen-bond acceptors (Lipinski definition) is 2. The largest absolute Gasteiger partial charge is 0.416 e. The van der Waals surface area contributed by atoms with Gasteiger partial charge < -0.3 is 5.32 Å². The van der Waals surface area contributed by atoms with Crippen LogP contribution in [0.25, 0.3) is 11.1 Å². The van der Waals surface area contributed by atoms with Crippen LogP contribution in [0.15, 0.2) is 47.5 Å². The van der Waals surface area contributed by atoms with Crippen molar-refractivity contribution < 1.29 is 18.0 Å². The van der Waals surface area contributed by atoms with Gasteiger partial charge in [-0.2, -0.15) is 13.2 Å². The Bertz CT molecular complexity index is 964. The molecule has 0 amide bonds. The molecule has 1 saturated heterocycles. The number of carbonyl (C=O) groups excluding carboxylic acids is 1. The molecule has 2 aromatic carbocycles. The van der Waals surface area contributed by atoms with Gasteiger partial charge in [0.05, 0.1) is 17.5 Å². The summed E-state index contributed by atoms with van der Waals surface area (Å²) in [7, 11) is 1.66. The Morgan fingerprint density at radius 1 is 1.11 bits per heavy atom. The van der Waals surface area contributed by atoms with Crippen molar-refractivity contribution in [3.8, 4) is 11.1 Å². The highest BCUT2D eigenvalue weighted by atomic mass is 19.4. The molecule has 0 radical (unpaired) electrons. The van der Waals surface area contributed by atoms with Crippen molar-refractivity contribution in [1.82, 2.24) is 5.32 Å². The van der Waals surface area contributed by atoms with E-state index in [0.29, 0.717) is 24.2 Å². The Hall–Kier alpha value is -2.63. The summed E-state index contributed by atoms with van der Waals surface area (Å²) in [6, 6.07) is 11.2. The predicted octanol–water partition coefficient (Wildman–Crippen LogP) is 4.88. The van der Waals surface area contributed by atoms with Gasteiger partial charge in [0.2, 0.25) is 0 Å². The summed E-state index contributed by atoms with van der Waals surface area (Å²) >= 11 is 0. The first-order chi connectivity index (χ1) is 13.3. The molecule has 1 atom stereocenters. The standard InChI is InChI=1S/C22H21F3N2O/c1-26-20-12-18(28)13-21(27-20)9-3-5-14-7-8-16(11-19(14)21)15-4-2-6-17(10-15)22(23,24)25/h2,4,6-8,10-11H,3,5,9,12-13H2,1H3,(H,26,27)/t21-/m0/s1. The van der Waals surface area contributed by atoms with Crippen molar-refractivity contribution in [3.05, 3.63) is 59.2 Å². The molecule has 1 heterocycles. The van der Waals surface area contributed by atoms with Crippen LogP contribution in [0, 0.1) is 0 Å². The van der Waals surface area contributed by atoms with Gasteiger partial charge in [-0.1, -0.05) is 24.3 Å². The van der Waals surface area contributed by atoms with Crippen LogP contribution in [-0.2, 0) is 22.9 Å². The molecule has 1 N–H and O–H groups in total. The van der Waals surface area contributed by atoms with Gasteiger partial charge >= 0.3 is 6.18 Å². The van der Waals surface area contributed by atoms with Gasteiger partial charge in [-0.3, -0.25) is 9.79 Å². The molecular formula is C22H21F3N2O. The van der Waals surface area contributed by atoms with Crippen molar-refractivity contribution in [1.29, 1.82) is 0 Å². The Balaban J connectivity index is 1.80. The number of benzene rings is 2. The number of aliphatic imine (C=N–C) groups is 1. The lowest BCUT2D eigenvalue weighted by molar-refractivity contribution is -0.137. The van der Waals surface area contributed by atoms with Crippen molar-refractivity contribution in [3.63, 3.8) is 0 Å². The number of amidine groups is 1. The lowest BCUT2D eigenvalue weighted by Crippen LogP contribution is -2.53. The van der Waals surface area contributed by atoms with E-state index in [2.05, 4.69) is 10.3 Å². The van der Waals surface area contributed by atoms with Crippen molar-refractivity contribution in [2.24, 2.45) is 4.99 Å². The lowest BCUT2D eigenvalue weighted by atomic mass is 9.71. The van der Waals surface area contributed by atoms with Crippen LogP contribution < -0.4 is 5.32 Å². The van der Waals surface area contributed by atoms with Crippen molar-refractivity contribution >= 4 is 11.6 Å². The van der Waals surface area contributed by atoms with Crippen LogP contribution in [0.1, 0.15) is 42.4 Å². The van der Waals surface area contributed by atoms with E-state index < -0.39 is 17.3 Å². The van der Waals surface area contributed by atoms with Gasteiger partial charge in [0, 0.05) is 13.5 Å². The lowest BCUT2D eigenvalue weighted by Gasteiger charge is -2.43. The zero-order valence-corrected chi connectivity index (χ0v) is 15.6. The van der Waals surface area contributed by atoms with Crippen molar-refractivity contribution in [2.45, 2.75) is 43.8 Å². The third-order valence-electron chi connectivity index (χ3n) is 5.72. The molecule has 0 aromatic heterocycles. The Labute approximate surface area is 161 Å². The molecule has 1 fully saturated rings. The number of hydrogen-bond donors (Lipinski definition) is 1. The maximum atomic E-state index is 13.1. The monoisotopic (exact) mass is 386 g/mol. The average Bonchev–Trinajstić information content (AvgIpc) is 2.67. The fourth-order valence-electron chi connectivity index (χ4n) is 4.41. The van der Waals surface area contributed by atoms with Crippen molar-refractivity contribution in [2.75, 3.05) is 7.05 Å². The topological polar surface area (TPSA) is 41.5 Å². The molecular weight excluding hydrogens is 365 g/mol. The summed E-state index contributed by atoms with van der Waals surface area (Å²) in [6.45, 7) is 0. The minimum absolute atomic E-state index is 0.136. The molecule has 2 aromatic rings. The summed E-state index contributed by atoms with van der Waals surface area (Å²) in [5, 5.41) is 3.47. The molecule has 146 valence electrons. The van der Waals surface area contributed by atoms with E-state index in [1.165, 1.54) is 12.1 Å². The van der Waals surface area contributed by atoms with E-state index in [9.17, 15) is 18.0 Å². The average molecular weight is 386 g/mol. The summed E-state index contributed by atoms with van der Waals surface area (Å²) in [6.07, 6.45) is -1.04. The van der Waals surface area contributed by atoms with Crippen LogP contribution in [0.2, 0.25) is 0 Å². The molecule has 3 nitrogen and oxygen atoms in total. The second-order valence-electron chi connectivity index (χ2n) is 7.57. The van der Waals surface area contributed by atoms with E-state index in [1.807, 2.05) is 18.2 Å². The van der Waals surface area contributed by atoms with E-state index in [1.54, 1.807) is 13.1 Å². The van der Waals surface area contributed by atoms with Gasteiger partial charge in [-0.25, -0.2) is 0 Å². The minimum Gasteiger partial charge on any atom is -0.364 e. The Morgan fingerprint density at radius 3 is 2.64 bits per heavy atom. The first-order valence-electron chi connectivity index (χ1n) is 9.37. The van der Waals surface area contributed by atoms with E-state index in [-0.39, 0.29) is 5.78 Å². The number of alkyl halides is 3. The molecule has 0 unspecified atom stereocenters. The number of nitrogens with zero attached hydrogens (tertiary/aromatic N) is 1. The molecule has 28 heavy (non-hydrogen) atoms. The normalized spacial score (nSPS) is 23.6. The number of Topliss-reactive ketones (excluding diaryl/α,β-unsaturated/α-hetero) is 1. The van der Waals surface area contributed by atoms with Crippen LogP contribution >= 0.6 is 0 Å². The molecule has 1 spiro atoms. The minimum atomic E-state index is -4.38. The number of nitrogens with one attached hydrogen (secondary N) is 1. The fourth-order valence-corrected chi connectivity index (χ4v) is 4.41. The second-order valence-corrected chi connectivity index (χ2v) is 7.57. The summed E-state index contributed by atoms with van der Waals surface area (Å²) in [5.74, 6) is 0.810. The highest BCUT2D eigenvalue weighted by Gasteiger charge is 2.42. The molecule has 6 heteroatoms. The maximum absolute atomic E-state index is 13.1. The molecule has 1 aliphatic carbocycles. The second kappa shape index (κ2) is 6.76. The van der Waals surface area contributed by atoms with Crippen LogP contribution in [0.5, 0.6) is 0 Å². The van der Waals surface area contributed by atoms with E-state index >= 15 is 0 Å². The van der Waals surface area contributed by atoms with Gasteiger partial charge in [-0.15, -0.1) is 0 Å². The number of carbonyl (C=O) groups is 1. The van der Waals surface area contributed by atoms with Crippen LogP contribution in [0.4, 0.5) is 13.2 Å². The van der Waals surface area contributed by atoms with E-state index in [0.717, 1.165) is 42.0 Å². The predicted molar refractivity (Wildman–Crippen MR) is 102 cm³/mol. The Morgan fingerprint density at radius 2 is 1.89 bits per heavy atom. The van der Waals surface area contributed by atoms with Gasteiger partial charge in [0.15, 0.2) is 0 Å². The number of ketones is 1. The van der Waals surface area contributed by atoms with Gasteiger partial charge in [0.1, 0.15) is 11.6 Å². The smallest absolute Gasteiger partial charge is 0.364 e. The summed E-state index contributed by atoms with van der Waals surface area (Å²) in [4.78, 5) is 16.6. The number of rotatable bonds is 1. The van der Waals surface area contributed by atoms with E-state index in [4.69, 9.17) is 0 Å². The van der Waals surface area contributed by atoms with Gasteiger partial charge in [0.25, 0.3) is 0 Å². The maximum Gasteiger partial charge on any atom is 0.416 e. The third-order valence-corrected chi connectivity index (χ3v) is 5.72. The first-order valence-corrected chi connectivity index (χ1v) is 9.37. The zero-order valence-electron chi connectivity index (χ0n) is 15.6. The molecule has 0 bridgehead atoms. The van der Waals surface area contributed by atoms with Crippen LogP contribution in [0.3, 0.4) is 0 Å². The van der Waals surface area contributed by atoms with Gasteiger partial charge in [-0.05, 0) is 59.7 Å². The number of fused-ring (bicyclic) bond motifs is 2. The summed E-state index contributed by atoms with van der Waals surface area (Å²) in [5.41, 5.74) is 2.20. The SMILES string of the molecule is CN=C1CC(=O)C[C@]2(CCCc3ccc(-c4cccc(C(F)(F)F)c4)cc32)N1. The quantitative estimate of drug-likeness (QED) is 0.759. The molecule has 2 aliphatic rings. The molecule has 0 saturated carbocycles. The molecule has 4 rings (SSSR count). The third kappa shape index (κ3) is 3.32. The summed E-state index contributed by atoms with van der Waals surface area (Å²) < 4.78 is 39.3. The number of halogens is 3. The Kier molecular flexibility index (Phi) is 4.52. The van der Waals surface area contributed by atoms with Crippen LogP contribution in [-0.4, -0.2) is 18.7 Å². The zero-order chi connectivity index (χ0) is 19.9. The fraction of sp³-hybridized carbons (Fsp3) is 0.364. The highest BCUT2D eigenvalue weighted by molar-refractivity contribution is 6.04. The first kappa shape index (κ1) is 18.7. The highest BCUT2D eigenvalue weighted by Crippen LogP contribution is 2.42. The molecule has 1 aliphatic heterocycles. The number of aryl methyl sites for hydroxylation is 1. The number of piperidine rings is 1.